The highest BCUT2D eigenvalue weighted by Gasteiger charge is 2.07. The van der Waals surface area contributed by atoms with Gasteiger partial charge in [0.1, 0.15) is 0 Å². The molecule has 1 aromatic rings. The van der Waals surface area contributed by atoms with Crippen LogP contribution in [0.15, 0.2) is 16.8 Å². The molecule has 0 saturated carbocycles. The van der Waals surface area contributed by atoms with E-state index in [-0.39, 0.29) is 0 Å². The van der Waals surface area contributed by atoms with E-state index in [1.165, 1.54) is 31.4 Å². The van der Waals surface area contributed by atoms with Crippen molar-refractivity contribution in [2.75, 3.05) is 27.2 Å². The van der Waals surface area contributed by atoms with Crippen LogP contribution in [0, 0.1) is 0 Å². The average molecular weight is 240 g/mol. The fourth-order valence-corrected chi connectivity index (χ4v) is 2.53. The molecule has 3 heteroatoms. The molecule has 0 saturated heterocycles. The van der Waals surface area contributed by atoms with Crippen molar-refractivity contribution in [3.8, 4) is 0 Å². The molecular weight excluding hydrogens is 216 g/mol. The van der Waals surface area contributed by atoms with Crippen LogP contribution < -0.4 is 5.32 Å². The van der Waals surface area contributed by atoms with Crippen LogP contribution >= 0.6 is 11.3 Å². The Bertz CT molecular complexity index is 257. The molecule has 1 aromatic heterocycles. The Hall–Kier alpha value is -0.380. The molecule has 16 heavy (non-hydrogen) atoms. The molecule has 1 unspecified atom stereocenters. The number of nitrogens with zero attached hydrogens (tertiary/aromatic N) is 1. The molecule has 2 nitrogen and oxygen atoms in total. The highest BCUT2D eigenvalue weighted by atomic mass is 32.1. The molecular formula is C13H24N2S. The quantitative estimate of drug-likeness (QED) is 0.751. The lowest BCUT2D eigenvalue weighted by molar-refractivity contribution is 0.351. The van der Waals surface area contributed by atoms with E-state index in [4.69, 9.17) is 0 Å². The lowest BCUT2D eigenvalue weighted by Crippen LogP contribution is -2.32. The van der Waals surface area contributed by atoms with E-state index in [1.807, 2.05) is 0 Å². The zero-order valence-corrected chi connectivity index (χ0v) is 11.5. The van der Waals surface area contributed by atoms with Crippen molar-refractivity contribution in [2.24, 2.45) is 0 Å². The van der Waals surface area contributed by atoms with Crippen LogP contribution in [0.2, 0.25) is 0 Å². The minimum atomic E-state index is 0.660. The Balaban J connectivity index is 2.27. The maximum Gasteiger partial charge on any atom is 0.00822 e. The maximum absolute atomic E-state index is 3.58. The molecule has 1 rings (SSSR count). The first-order valence-electron chi connectivity index (χ1n) is 6.11. The first kappa shape index (κ1) is 13.7. The predicted molar refractivity (Wildman–Crippen MR) is 73.3 cm³/mol. The van der Waals surface area contributed by atoms with E-state index in [1.54, 1.807) is 11.3 Å². The molecule has 1 atom stereocenters. The Kier molecular flexibility index (Phi) is 6.69. The van der Waals surface area contributed by atoms with Crippen LogP contribution in [0.5, 0.6) is 0 Å². The van der Waals surface area contributed by atoms with Gasteiger partial charge < -0.3 is 10.2 Å². The van der Waals surface area contributed by atoms with Crippen LogP contribution in [-0.2, 0) is 6.42 Å². The van der Waals surface area contributed by atoms with Gasteiger partial charge in [-0.3, -0.25) is 0 Å². The van der Waals surface area contributed by atoms with Crippen LogP contribution in [0.3, 0.4) is 0 Å². The molecule has 0 aromatic carbocycles. The number of nitrogens with one attached hydrogen (secondary N) is 1. The Morgan fingerprint density at radius 3 is 2.75 bits per heavy atom. The van der Waals surface area contributed by atoms with Gasteiger partial charge in [-0.25, -0.2) is 0 Å². The van der Waals surface area contributed by atoms with E-state index in [0.29, 0.717) is 6.04 Å². The fraction of sp³-hybridized carbons (Fsp3) is 0.692. The predicted octanol–water partition coefficient (Wildman–Crippen LogP) is 2.61. The van der Waals surface area contributed by atoms with E-state index >= 15 is 0 Å². The lowest BCUT2D eigenvalue weighted by Gasteiger charge is -2.19. The summed E-state index contributed by atoms with van der Waals surface area (Å²) in [5, 5.41) is 8.00. The zero-order chi connectivity index (χ0) is 11.8. The van der Waals surface area contributed by atoms with E-state index in [9.17, 15) is 0 Å². The van der Waals surface area contributed by atoms with Gasteiger partial charge in [0, 0.05) is 6.04 Å². The van der Waals surface area contributed by atoms with Crippen molar-refractivity contribution in [2.45, 2.75) is 32.2 Å². The van der Waals surface area contributed by atoms with E-state index in [0.717, 1.165) is 6.54 Å². The van der Waals surface area contributed by atoms with Crippen LogP contribution in [0.1, 0.15) is 25.3 Å². The van der Waals surface area contributed by atoms with Gasteiger partial charge in [0.15, 0.2) is 0 Å². The number of aryl methyl sites for hydroxylation is 1. The zero-order valence-electron chi connectivity index (χ0n) is 10.7. The second-order valence-electron chi connectivity index (χ2n) is 4.52. The summed E-state index contributed by atoms with van der Waals surface area (Å²) < 4.78 is 0. The minimum Gasteiger partial charge on any atom is -0.314 e. The summed E-state index contributed by atoms with van der Waals surface area (Å²) >= 11 is 1.79. The monoisotopic (exact) mass is 240 g/mol. The number of thiophene rings is 1. The highest BCUT2D eigenvalue weighted by molar-refractivity contribution is 7.07. The van der Waals surface area contributed by atoms with Gasteiger partial charge in [-0.05, 0) is 68.8 Å². The van der Waals surface area contributed by atoms with Crippen LogP contribution in [0.25, 0.3) is 0 Å². The molecule has 0 bridgehead atoms. The molecule has 0 aliphatic rings. The smallest absolute Gasteiger partial charge is 0.00822 e. The maximum atomic E-state index is 3.58. The van der Waals surface area contributed by atoms with E-state index in [2.05, 4.69) is 48.1 Å². The summed E-state index contributed by atoms with van der Waals surface area (Å²) in [5.41, 5.74) is 1.48. The topological polar surface area (TPSA) is 15.3 Å². The second kappa shape index (κ2) is 7.82. The lowest BCUT2D eigenvalue weighted by atomic mass is 10.0. The molecule has 0 aliphatic heterocycles. The van der Waals surface area contributed by atoms with Crippen molar-refractivity contribution >= 4 is 11.3 Å². The average Bonchev–Trinajstić information content (AvgIpc) is 2.75. The van der Waals surface area contributed by atoms with Crippen molar-refractivity contribution in [3.05, 3.63) is 22.4 Å². The summed E-state index contributed by atoms with van der Waals surface area (Å²) in [6, 6.07) is 2.90. The molecule has 0 radical (unpaired) electrons. The van der Waals surface area contributed by atoms with Gasteiger partial charge in [0.2, 0.25) is 0 Å². The molecule has 92 valence electrons. The van der Waals surface area contributed by atoms with E-state index < -0.39 is 0 Å². The number of hydrogen-bond acceptors (Lipinski definition) is 3. The van der Waals surface area contributed by atoms with Crippen LogP contribution in [-0.4, -0.2) is 38.1 Å². The first-order chi connectivity index (χ1) is 7.72. The minimum absolute atomic E-state index is 0.660. The SMILES string of the molecule is CCNC(CCc1ccsc1)CCN(C)C. The van der Waals surface area contributed by atoms with Crippen LogP contribution in [0.4, 0.5) is 0 Å². The molecule has 0 amide bonds. The van der Waals surface area contributed by atoms with Crippen molar-refractivity contribution in [3.63, 3.8) is 0 Å². The molecule has 0 spiro atoms. The van der Waals surface area contributed by atoms with Gasteiger partial charge in [-0.15, -0.1) is 0 Å². The van der Waals surface area contributed by atoms with Gasteiger partial charge in [0.25, 0.3) is 0 Å². The summed E-state index contributed by atoms with van der Waals surface area (Å²) in [5.74, 6) is 0. The Morgan fingerprint density at radius 1 is 1.38 bits per heavy atom. The largest absolute Gasteiger partial charge is 0.314 e. The molecule has 1 heterocycles. The standard InChI is InChI=1S/C13H24N2S/c1-4-14-13(7-9-15(2)3)6-5-12-8-10-16-11-12/h8,10-11,13-14H,4-7,9H2,1-3H3. The van der Waals surface area contributed by atoms with Gasteiger partial charge >= 0.3 is 0 Å². The van der Waals surface area contributed by atoms with Crippen molar-refractivity contribution < 1.29 is 0 Å². The first-order valence-corrected chi connectivity index (χ1v) is 7.05. The third kappa shape index (κ3) is 5.64. The van der Waals surface area contributed by atoms with Crippen molar-refractivity contribution in [1.82, 2.24) is 10.2 Å². The summed E-state index contributed by atoms with van der Waals surface area (Å²) in [7, 11) is 4.28. The fourth-order valence-electron chi connectivity index (χ4n) is 1.83. The number of rotatable bonds is 8. The Morgan fingerprint density at radius 2 is 2.19 bits per heavy atom. The summed E-state index contributed by atoms with van der Waals surface area (Å²) in [4.78, 5) is 2.26. The van der Waals surface area contributed by atoms with Gasteiger partial charge in [-0.2, -0.15) is 11.3 Å². The Labute approximate surface area is 104 Å². The third-order valence-corrected chi connectivity index (χ3v) is 3.51. The van der Waals surface area contributed by atoms with Crippen molar-refractivity contribution in [1.29, 1.82) is 0 Å². The number of hydrogen-bond donors (Lipinski definition) is 1. The second-order valence-corrected chi connectivity index (χ2v) is 5.30. The van der Waals surface area contributed by atoms with Gasteiger partial charge in [-0.1, -0.05) is 6.92 Å². The molecule has 0 aliphatic carbocycles. The molecule has 1 N–H and O–H groups in total. The normalized spacial score (nSPS) is 13.2. The summed E-state index contributed by atoms with van der Waals surface area (Å²) in [6.07, 6.45) is 3.69. The third-order valence-electron chi connectivity index (χ3n) is 2.78. The van der Waals surface area contributed by atoms with Gasteiger partial charge in [0.05, 0.1) is 0 Å². The molecule has 0 fully saturated rings. The highest BCUT2D eigenvalue weighted by Crippen LogP contribution is 2.11. The summed E-state index contributed by atoms with van der Waals surface area (Å²) in [6.45, 7) is 4.43.